The van der Waals surface area contributed by atoms with Gasteiger partial charge in [-0.15, -0.1) is 0 Å². The van der Waals surface area contributed by atoms with Crippen LogP contribution in [0.1, 0.15) is 22.8 Å². The Morgan fingerprint density at radius 3 is 2.70 bits per heavy atom. The molecule has 0 saturated heterocycles. The molecule has 2 rings (SSSR count). The highest BCUT2D eigenvalue weighted by Gasteiger charge is 2.08. The van der Waals surface area contributed by atoms with Crippen LogP contribution in [0.3, 0.4) is 0 Å². The average molecular weight is 330 g/mol. The Bertz CT molecular complexity index is 720. The zero-order chi connectivity index (χ0) is 14.7. The van der Waals surface area contributed by atoms with Crippen LogP contribution in [0.5, 0.6) is 0 Å². The molecule has 0 unspecified atom stereocenters. The second-order valence-electron chi connectivity index (χ2n) is 4.28. The number of hydrogen-bond donors (Lipinski definition) is 2. The van der Waals surface area contributed by atoms with Crippen molar-refractivity contribution in [1.29, 1.82) is 5.26 Å². The number of nitrogens with two attached hydrogens (primary N) is 1. The summed E-state index contributed by atoms with van der Waals surface area (Å²) in [5.41, 5.74) is 8.56. The molecular formula is C15H12BrN3O. The molecule has 0 radical (unpaired) electrons. The predicted molar refractivity (Wildman–Crippen MR) is 83.0 cm³/mol. The first-order valence-corrected chi connectivity index (χ1v) is 6.67. The van der Waals surface area contributed by atoms with Crippen LogP contribution >= 0.6 is 15.9 Å². The van der Waals surface area contributed by atoms with Crippen LogP contribution in [0.2, 0.25) is 0 Å². The molecule has 0 bridgehead atoms. The number of nitrogens with one attached hydrogen (secondary N) is 1. The highest BCUT2D eigenvalue weighted by Crippen LogP contribution is 2.26. The van der Waals surface area contributed by atoms with Gasteiger partial charge < -0.3 is 11.1 Å². The summed E-state index contributed by atoms with van der Waals surface area (Å²) >= 11 is 3.32. The Morgan fingerprint density at radius 1 is 1.30 bits per heavy atom. The number of nitrogens with zero attached hydrogens (tertiary/aromatic N) is 1. The van der Waals surface area contributed by atoms with Gasteiger partial charge >= 0.3 is 0 Å². The van der Waals surface area contributed by atoms with Gasteiger partial charge in [0.05, 0.1) is 11.3 Å². The molecule has 0 fully saturated rings. The molecule has 0 saturated carbocycles. The Kier molecular flexibility index (Phi) is 4.06. The molecule has 0 aliphatic heterocycles. The molecule has 0 spiro atoms. The number of rotatable bonds is 3. The van der Waals surface area contributed by atoms with Gasteiger partial charge in [-0.25, -0.2) is 0 Å². The van der Waals surface area contributed by atoms with E-state index in [9.17, 15) is 4.79 Å². The number of anilines is 3. The van der Waals surface area contributed by atoms with E-state index in [0.717, 1.165) is 4.47 Å². The van der Waals surface area contributed by atoms with Crippen LogP contribution in [0.25, 0.3) is 0 Å². The summed E-state index contributed by atoms with van der Waals surface area (Å²) in [7, 11) is 0. The summed E-state index contributed by atoms with van der Waals surface area (Å²) in [6.45, 7) is 1.47. The van der Waals surface area contributed by atoms with E-state index in [-0.39, 0.29) is 5.78 Å². The molecule has 100 valence electrons. The Balaban J connectivity index is 2.38. The number of benzene rings is 2. The SMILES string of the molecule is CC(=O)c1cc(Nc2ccc(Br)cc2C#N)ccc1N. The van der Waals surface area contributed by atoms with Gasteiger partial charge in [-0.3, -0.25) is 4.79 Å². The van der Waals surface area contributed by atoms with Gasteiger partial charge in [-0.05, 0) is 43.3 Å². The lowest BCUT2D eigenvalue weighted by atomic mass is 10.1. The van der Waals surface area contributed by atoms with Crippen molar-refractivity contribution >= 4 is 38.8 Å². The first kappa shape index (κ1) is 14.1. The topological polar surface area (TPSA) is 78.9 Å². The summed E-state index contributed by atoms with van der Waals surface area (Å²) in [6.07, 6.45) is 0. The van der Waals surface area contributed by atoms with E-state index in [1.165, 1.54) is 6.92 Å². The number of hydrogen-bond acceptors (Lipinski definition) is 4. The smallest absolute Gasteiger partial charge is 0.161 e. The van der Waals surface area contributed by atoms with Crippen molar-refractivity contribution in [3.05, 3.63) is 52.0 Å². The van der Waals surface area contributed by atoms with E-state index >= 15 is 0 Å². The summed E-state index contributed by atoms with van der Waals surface area (Å²) < 4.78 is 0.835. The number of Topliss-reactive ketones (excluding diaryl/α,β-unsaturated/α-hetero) is 1. The van der Waals surface area contributed by atoms with Crippen LogP contribution < -0.4 is 11.1 Å². The molecule has 0 amide bonds. The van der Waals surface area contributed by atoms with Crippen LogP contribution in [0, 0.1) is 11.3 Å². The fourth-order valence-corrected chi connectivity index (χ4v) is 2.17. The van der Waals surface area contributed by atoms with Gasteiger partial charge in [-0.2, -0.15) is 5.26 Å². The van der Waals surface area contributed by atoms with E-state index in [1.807, 2.05) is 6.07 Å². The predicted octanol–water partition coefficient (Wildman–Crippen LogP) is 3.85. The van der Waals surface area contributed by atoms with Crippen LogP contribution in [-0.2, 0) is 0 Å². The van der Waals surface area contributed by atoms with Crippen molar-refractivity contribution in [1.82, 2.24) is 0 Å². The lowest BCUT2D eigenvalue weighted by Gasteiger charge is -2.10. The highest BCUT2D eigenvalue weighted by molar-refractivity contribution is 9.10. The van der Waals surface area contributed by atoms with Crippen LogP contribution in [0.4, 0.5) is 17.1 Å². The van der Waals surface area contributed by atoms with Crippen molar-refractivity contribution in [3.8, 4) is 6.07 Å². The number of ketones is 1. The normalized spacial score (nSPS) is 9.85. The fourth-order valence-electron chi connectivity index (χ4n) is 1.81. The minimum Gasteiger partial charge on any atom is -0.398 e. The van der Waals surface area contributed by atoms with Gasteiger partial charge in [0.25, 0.3) is 0 Å². The molecule has 2 aromatic rings. The molecular weight excluding hydrogens is 318 g/mol. The Hall–Kier alpha value is -2.32. The van der Waals surface area contributed by atoms with E-state index < -0.39 is 0 Å². The number of carbonyl (C=O) groups excluding carboxylic acids is 1. The molecule has 0 aliphatic carbocycles. The maximum atomic E-state index is 11.5. The monoisotopic (exact) mass is 329 g/mol. The molecule has 0 aromatic heterocycles. The first-order chi connectivity index (χ1) is 9.51. The summed E-state index contributed by atoms with van der Waals surface area (Å²) in [5.74, 6) is -0.0949. The number of halogens is 1. The Labute approximate surface area is 125 Å². The number of nitriles is 1. The standard InChI is InChI=1S/C15H12BrN3O/c1-9(20)13-7-12(3-4-14(13)18)19-15-5-2-11(16)6-10(15)8-17/h2-7,19H,18H2,1H3. The summed E-state index contributed by atoms with van der Waals surface area (Å²) in [4.78, 5) is 11.5. The maximum Gasteiger partial charge on any atom is 0.161 e. The van der Waals surface area contributed by atoms with Gasteiger partial charge in [0.15, 0.2) is 5.78 Å². The molecule has 0 aliphatic rings. The lowest BCUT2D eigenvalue weighted by molar-refractivity contribution is 0.101. The molecule has 0 heterocycles. The fraction of sp³-hybridized carbons (Fsp3) is 0.0667. The Morgan fingerprint density at radius 2 is 2.05 bits per heavy atom. The zero-order valence-corrected chi connectivity index (χ0v) is 12.4. The molecule has 20 heavy (non-hydrogen) atoms. The van der Waals surface area contributed by atoms with Gasteiger partial charge in [0.2, 0.25) is 0 Å². The number of carbonyl (C=O) groups is 1. The third-order valence-corrected chi connectivity index (χ3v) is 3.31. The maximum absolute atomic E-state index is 11.5. The van der Waals surface area contributed by atoms with Crippen molar-refractivity contribution in [2.75, 3.05) is 11.1 Å². The average Bonchev–Trinajstić information content (AvgIpc) is 2.42. The van der Waals surface area contributed by atoms with Crippen molar-refractivity contribution in [2.45, 2.75) is 6.92 Å². The molecule has 5 heteroatoms. The van der Waals surface area contributed by atoms with Crippen molar-refractivity contribution in [2.24, 2.45) is 0 Å². The van der Waals surface area contributed by atoms with Crippen LogP contribution in [-0.4, -0.2) is 5.78 Å². The lowest BCUT2D eigenvalue weighted by Crippen LogP contribution is -2.01. The molecule has 4 nitrogen and oxygen atoms in total. The van der Waals surface area contributed by atoms with E-state index in [0.29, 0.717) is 28.2 Å². The third-order valence-electron chi connectivity index (χ3n) is 2.81. The summed E-state index contributed by atoms with van der Waals surface area (Å²) in [5, 5.41) is 12.2. The minimum absolute atomic E-state index is 0.0949. The molecule has 2 aromatic carbocycles. The first-order valence-electron chi connectivity index (χ1n) is 5.88. The quantitative estimate of drug-likeness (QED) is 0.662. The van der Waals surface area contributed by atoms with E-state index in [2.05, 4.69) is 27.3 Å². The minimum atomic E-state index is -0.0949. The largest absolute Gasteiger partial charge is 0.398 e. The van der Waals surface area contributed by atoms with Gasteiger partial charge in [0, 0.05) is 21.4 Å². The molecule has 3 N–H and O–H groups in total. The van der Waals surface area contributed by atoms with Crippen molar-refractivity contribution in [3.63, 3.8) is 0 Å². The van der Waals surface area contributed by atoms with Crippen molar-refractivity contribution < 1.29 is 4.79 Å². The highest BCUT2D eigenvalue weighted by atomic mass is 79.9. The van der Waals surface area contributed by atoms with E-state index in [4.69, 9.17) is 11.0 Å². The summed E-state index contributed by atoms with van der Waals surface area (Å²) in [6, 6.07) is 12.6. The number of nitrogen functional groups attached to an aromatic ring is 1. The van der Waals surface area contributed by atoms with Crippen LogP contribution in [0.15, 0.2) is 40.9 Å². The second-order valence-corrected chi connectivity index (χ2v) is 5.20. The second kappa shape index (κ2) is 5.76. The van der Waals surface area contributed by atoms with Gasteiger partial charge in [0.1, 0.15) is 6.07 Å². The van der Waals surface area contributed by atoms with E-state index in [1.54, 1.807) is 30.3 Å². The molecule has 0 atom stereocenters. The third kappa shape index (κ3) is 2.98. The zero-order valence-electron chi connectivity index (χ0n) is 10.8. The van der Waals surface area contributed by atoms with Gasteiger partial charge in [-0.1, -0.05) is 15.9 Å².